The fraction of sp³-hybridized carbons (Fsp3) is 0.364. The smallest absolute Gasteiger partial charge is 0.122 e. The number of aromatic nitrogens is 2. The maximum Gasteiger partial charge on any atom is 0.122 e. The van der Waals surface area contributed by atoms with Gasteiger partial charge in [-0.3, -0.25) is 9.97 Å². The second-order valence-electron chi connectivity index (χ2n) is 7.85. The summed E-state index contributed by atoms with van der Waals surface area (Å²) in [4.78, 5) is 18.8. The third-order valence-corrected chi connectivity index (χ3v) is 5.44. The largest absolute Gasteiger partial charge is 0.497 e. The van der Waals surface area contributed by atoms with Crippen molar-refractivity contribution in [2.45, 2.75) is 26.2 Å². The first-order chi connectivity index (χ1) is 14.7. The van der Waals surface area contributed by atoms with Crippen molar-refractivity contribution in [3.63, 3.8) is 0 Å². The van der Waals surface area contributed by atoms with E-state index in [9.17, 15) is 0 Å². The number of methoxy groups -OCH3 is 2. The van der Waals surface area contributed by atoms with Crippen LogP contribution in [0.5, 0.6) is 11.5 Å². The summed E-state index contributed by atoms with van der Waals surface area (Å²) < 4.78 is 11.1. The van der Waals surface area contributed by atoms with Crippen LogP contribution in [0.1, 0.15) is 22.8 Å². The number of pyridine rings is 2. The van der Waals surface area contributed by atoms with Gasteiger partial charge in [-0.25, -0.2) is 0 Å². The van der Waals surface area contributed by atoms with Crippen LogP contribution in [-0.4, -0.2) is 57.1 Å². The van der Waals surface area contributed by atoms with Gasteiger partial charge in [0.15, 0.2) is 0 Å². The molecule has 156 valence electrons. The van der Waals surface area contributed by atoms with Crippen molar-refractivity contribution in [2.75, 3.05) is 27.6 Å². The van der Waals surface area contributed by atoms with E-state index in [4.69, 9.17) is 19.4 Å². The molecule has 2 aromatic rings. The first kappa shape index (κ1) is 18.6. The van der Waals surface area contributed by atoms with E-state index in [1.54, 1.807) is 14.2 Å². The van der Waals surface area contributed by atoms with Crippen molar-refractivity contribution < 1.29 is 9.47 Å². The van der Waals surface area contributed by atoms with Crippen LogP contribution in [0.15, 0.2) is 49.1 Å². The molecule has 0 saturated heterocycles. The average molecular weight is 406 g/mol. The number of rotatable bonds is 2. The topological polar surface area (TPSA) is 57.2 Å². The summed E-state index contributed by atoms with van der Waals surface area (Å²) in [6, 6.07) is 8.08. The summed E-state index contributed by atoms with van der Waals surface area (Å²) in [5.41, 5.74) is 4.02. The molecule has 8 bridgehead atoms. The minimum atomic E-state index is 0.732. The summed E-state index contributed by atoms with van der Waals surface area (Å²) >= 11 is 0. The maximum absolute atomic E-state index is 5.53. The van der Waals surface area contributed by atoms with Crippen LogP contribution < -0.4 is 9.47 Å². The first-order valence-corrected chi connectivity index (χ1v) is 10.1. The predicted octanol–water partition coefficient (Wildman–Crippen LogP) is 2.30. The van der Waals surface area contributed by atoms with E-state index >= 15 is 0 Å². The molecule has 0 aromatic carbocycles. The van der Waals surface area contributed by atoms with Gasteiger partial charge in [0.2, 0.25) is 0 Å². The molecule has 3 aliphatic heterocycles. The molecular weight excluding hydrogens is 380 g/mol. The second kappa shape index (κ2) is 7.78. The van der Waals surface area contributed by atoms with E-state index in [1.807, 2.05) is 24.3 Å². The first-order valence-electron chi connectivity index (χ1n) is 10.1. The zero-order valence-corrected chi connectivity index (χ0v) is 17.4. The van der Waals surface area contributed by atoms with Gasteiger partial charge >= 0.3 is 0 Å². The second-order valence-corrected chi connectivity index (χ2v) is 7.85. The molecule has 0 radical (unpaired) electrons. The molecule has 0 aliphatic carbocycles. The number of hydrogen-bond donors (Lipinski definition) is 0. The molecule has 0 saturated carbocycles. The molecule has 0 amide bonds. The zero-order valence-electron chi connectivity index (χ0n) is 17.4. The number of fused-ring (bicyclic) bond motifs is 8. The summed E-state index contributed by atoms with van der Waals surface area (Å²) in [5, 5.41) is 0. The summed E-state index contributed by atoms with van der Waals surface area (Å²) in [5.74, 6) is 1.70. The van der Waals surface area contributed by atoms with E-state index < -0.39 is 0 Å². The van der Waals surface area contributed by atoms with E-state index in [2.05, 4.69) is 44.4 Å². The minimum absolute atomic E-state index is 0.732. The highest BCUT2D eigenvalue weighted by Gasteiger charge is 2.19. The van der Waals surface area contributed by atoms with Crippen molar-refractivity contribution >= 4 is 0 Å². The van der Waals surface area contributed by atoms with Crippen LogP contribution >= 0.6 is 0 Å². The van der Waals surface area contributed by atoms with Gasteiger partial charge in [0.1, 0.15) is 11.5 Å². The van der Waals surface area contributed by atoms with E-state index in [0.29, 0.717) is 0 Å². The van der Waals surface area contributed by atoms with Crippen LogP contribution in [0.2, 0.25) is 0 Å². The number of ether oxygens (including phenoxy) is 2. The number of hydrogen-bond acceptors (Lipinski definition) is 8. The Hall–Kier alpha value is -3.42. The normalized spacial score (nSPS) is 17.7. The molecule has 0 atom stereocenters. The molecule has 0 fully saturated rings. The quantitative estimate of drug-likeness (QED) is 0.753. The van der Waals surface area contributed by atoms with E-state index in [1.165, 1.54) is 0 Å². The molecule has 30 heavy (non-hydrogen) atoms. The van der Waals surface area contributed by atoms with Gasteiger partial charge in [0.25, 0.3) is 0 Å². The highest BCUT2D eigenvalue weighted by molar-refractivity contribution is 5.29. The third kappa shape index (κ3) is 3.98. The Bertz CT molecular complexity index is 848. The Morgan fingerprint density at radius 2 is 0.867 bits per heavy atom. The fourth-order valence-electron chi connectivity index (χ4n) is 4.07. The lowest BCUT2D eigenvalue weighted by Gasteiger charge is -2.24. The lowest BCUT2D eigenvalue weighted by molar-refractivity contribution is 0.241. The van der Waals surface area contributed by atoms with Gasteiger partial charge in [-0.05, 0) is 0 Å². The molecule has 0 N–H and O–H groups in total. The van der Waals surface area contributed by atoms with Crippen molar-refractivity contribution in [1.82, 2.24) is 29.6 Å². The highest BCUT2D eigenvalue weighted by Crippen LogP contribution is 2.23. The van der Waals surface area contributed by atoms with E-state index in [-0.39, 0.29) is 0 Å². The molecule has 8 heteroatoms. The van der Waals surface area contributed by atoms with E-state index in [0.717, 1.165) is 73.8 Å². The van der Waals surface area contributed by atoms with Crippen LogP contribution in [-0.2, 0) is 26.2 Å². The van der Waals surface area contributed by atoms with Gasteiger partial charge < -0.3 is 29.1 Å². The Kier molecular flexibility index (Phi) is 4.82. The molecule has 5 heterocycles. The lowest BCUT2D eigenvalue weighted by atomic mass is 10.2. The lowest BCUT2D eigenvalue weighted by Crippen LogP contribution is -2.27. The van der Waals surface area contributed by atoms with Gasteiger partial charge in [0.05, 0.1) is 76.5 Å². The van der Waals surface area contributed by atoms with Crippen molar-refractivity contribution in [3.05, 3.63) is 71.8 Å². The Balaban J connectivity index is 1.47. The summed E-state index contributed by atoms with van der Waals surface area (Å²) in [6.45, 7) is 4.52. The Morgan fingerprint density at radius 3 is 1.13 bits per heavy atom. The predicted molar refractivity (Wildman–Crippen MR) is 112 cm³/mol. The standard InChI is InChI=1S/C22H26N6O2/c1-29-21-7-17-11-25-3-5-27(15-25)13-19-9-22(30-2)10-20(24-19)14-28-6-4-26(16-28)12-18(8-21)23-17/h3-10H,11-16H2,1-2H3. The molecule has 0 spiro atoms. The highest BCUT2D eigenvalue weighted by atomic mass is 16.5. The fourth-order valence-corrected chi connectivity index (χ4v) is 4.07. The van der Waals surface area contributed by atoms with Gasteiger partial charge in [-0.1, -0.05) is 0 Å². The van der Waals surface area contributed by atoms with Gasteiger partial charge in [0, 0.05) is 49.1 Å². The average Bonchev–Trinajstić information content (AvgIpc) is 3.36. The number of nitrogens with zero attached hydrogens (tertiary/aromatic N) is 6. The van der Waals surface area contributed by atoms with Crippen molar-refractivity contribution in [1.29, 1.82) is 0 Å². The molecular formula is C22H26N6O2. The summed E-state index contributed by atoms with van der Waals surface area (Å²) in [6.07, 6.45) is 8.44. The van der Waals surface area contributed by atoms with Crippen LogP contribution in [0.3, 0.4) is 0 Å². The van der Waals surface area contributed by atoms with Crippen molar-refractivity contribution in [2.24, 2.45) is 0 Å². The Labute approximate surface area is 176 Å². The molecule has 2 aromatic heterocycles. The molecule has 5 rings (SSSR count). The molecule has 0 unspecified atom stereocenters. The third-order valence-electron chi connectivity index (χ3n) is 5.44. The minimum Gasteiger partial charge on any atom is -0.497 e. The zero-order chi connectivity index (χ0) is 20.5. The van der Waals surface area contributed by atoms with Gasteiger partial charge in [-0.2, -0.15) is 0 Å². The van der Waals surface area contributed by atoms with Crippen LogP contribution in [0, 0.1) is 0 Å². The Morgan fingerprint density at radius 1 is 0.567 bits per heavy atom. The molecule has 3 aliphatic rings. The van der Waals surface area contributed by atoms with Crippen molar-refractivity contribution in [3.8, 4) is 11.5 Å². The SMILES string of the molecule is COc1cc2nc(c1)CN1C=CN(Cc3cc(OC)cc(n3)CN3C=CN(C2)C3)C1. The van der Waals surface area contributed by atoms with Gasteiger partial charge in [-0.15, -0.1) is 0 Å². The summed E-state index contributed by atoms with van der Waals surface area (Å²) in [7, 11) is 3.41. The monoisotopic (exact) mass is 406 g/mol. The molecule has 8 nitrogen and oxygen atoms in total. The van der Waals surface area contributed by atoms with Crippen LogP contribution in [0.25, 0.3) is 0 Å². The maximum atomic E-state index is 5.53. The van der Waals surface area contributed by atoms with Crippen LogP contribution in [0.4, 0.5) is 0 Å².